The van der Waals surface area contributed by atoms with Crippen molar-refractivity contribution in [2.24, 2.45) is 23.0 Å². The third-order valence-corrected chi connectivity index (χ3v) is 4.99. The third kappa shape index (κ3) is 1.16. The molecule has 4 bridgehead atoms. The van der Waals surface area contributed by atoms with E-state index in [9.17, 15) is 0 Å². The quantitative estimate of drug-likeness (QED) is 0.646. The lowest BCUT2D eigenvalue weighted by Gasteiger charge is -2.59. The van der Waals surface area contributed by atoms with Crippen LogP contribution in [0.4, 0.5) is 0 Å². The molecule has 4 aliphatic rings. The molecule has 4 fully saturated rings. The van der Waals surface area contributed by atoms with Crippen LogP contribution >= 0.6 is 11.6 Å². The van der Waals surface area contributed by atoms with Crippen molar-refractivity contribution >= 4 is 11.6 Å². The minimum Gasteiger partial charge on any atom is -0.330 e. The maximum absolute atomic E-state index is 6.64. The van der Waals surface area contributed by atoms with E-state index in [-0.39, 0.29) is 4.87 Å². The fourth-order valence-electron chi connectivity index (χ4n) is 4.57. The second kappa shape index (κ2) is 2.43. The zero-order valence-electron chi connectivity index (χ0n) is 8.06. The summed E-state index contributed by atoms with van der Waals surface area (Å²) in [4.78, 5) is 0.156. The molecule has 2 heteroatoms. The molecular formula is C11H18ClN. The molecule has 13 heavy (non-hydrogen) atoms. The molecule has 4 rings (SSSR count). The maximum Gasteiger partial charge on any atom is 0.0457 e. The van der Waals surface area contributed by atoms with E-state index in [0.717, 1.165) is 18.4 Å². The Kier molecular flexibility index (Phi) is 1.60. The number of nitrogens with two attached hydrogens (primary N) is 1. The average Bonchev–Trinajstić information content (AvgIpc) is 1.99. The van der Waals surface area contributed by atoms with Gasteiger partial charge in [-0.05, 0) is 62.3 Å². The number of hydrogen-bond acceptors (Lipinski definition) is 1. The lowest BCUT2D eigenvalue weighted by Crippen LogP contribution is -2.55. The van der Waals surface area contributed by atoms with E-state index in [4.69, 9.17) is 17.3 Å². The standard InChI is InChI=1S/C11H18ClN/c12-11-4-8-1-9(5-11)3-10(2-8,6-11)7-13/h8-9H,1-7,13H2/t8-,9+,10?,11?. The molecule has 0 aliphatic heterocycles. The van der Waals surface area contributed by atoms with Crippen LogP contribution in [-0.2, 0) is 0 Å². The van der Waals surface area contributed by atoms with Crippen LogP contribution in [0, 0.1) is 17.3 Å². The van der Waals surface area contributed by atoms with Gasteiger partial charge < -0.3 is 5.73 Å². The van der Waals surface area contributed by atoms with Crippen molar-refractivity contribution in [3.63, 3.8) is 0 Å². The largest absolute Gasteiger partial charge is 0.330 e. The summed E-state index contributed by atoms with van der Waals surface area (Å²) in [5.41, 5.74) is 6.38. The molecule has 0 aromatic carbocycles. The van der Waals surface area contributed by atoms with Crippen LogP contribution in [0.5, 0.6) is 0 Å². The van der Waals surface area contributed by atoms with Gasteiger partial charge in [-0.15, -0.1) is 11.6 Å². The van der Waals surface area contributed by atoms with Crippen molar-refractivity contribution in [2.75, 3.05) is 6.54 Å². The third-order valence-electron chi connectivity index (χ3n) is 4.54. The summed E-state index contributed by atoms with van der Waals surface area (Å²) >= 11 is 6.64. The lowest BCUT2D eigenvalue weighted by molar-refractivity contribution is -0.0340. The smallest absolute Gasteiger partial charge is 0.0457 e. The maximum atomic E-state index is 6.64. The number of rotatable bonds is 1. The highest BCUT2D eigenvalue weighted by Gasteiger charge is 2.56. The van der Waals surface area contributed by atoms with Crippen molar-refractivity contribution in [1.29, 1.82) is 0 Å². The highest BCUT2D eigenvalue weighted by Crippen LogP contribution is 2.63. The van der Waals surface area contributed by atoms with E-state index in [2.05, 4.69) is 0 Å². The van der Waals surface area contributed by atoms with E-state index >= 15 is 0 Å². The van der Waals surface area contributed by atoms with E-state index in [1.807, 2.05) is 0 Å². The lowest BCUT2D eigenvalue weighted by atomic mass is 9.49. The summed E-state index contributed by atoms with van der Waals surface area (Å²) in [6.45, 7) is 0.870. The zero-order chi connectivity index (χ0) is 9.10. The summed E-state index contributed by atoms with van der Waals surface area (Å²) in [5.74, 6) is 1.81. The van der Waals surface area contributed by atoms with Crippen LogP contribution in [0.15, 0.2) is 0 Å². The first-order chi connectivity index (χ1) is 6.13. The molecule has 4 atom stereocenters. The van der Waals surface area contributed by atoms with Crippen molar-refractivity contribution in [3.05, 3.63) is 0 Å². The fraction of sp³-hybridized carbons (Fsp3) is 1.00. The van der Waals surface area contributed by atoms with Gasteiger partial charge >= 0.3 is 0 Å². The summed E-state index contributed by atoms with van der Waals surface area (Å²) in [5, 5.41) is 0. The molecule has 2 N–H and O–H groups in total. The SMILES string of the molecule is NCC12C[C@@H]3C[C@@H](CC(Cl)(C3)C1)C2. The first kappa shape index (κ1) is 8.55. The number of hydrogen-bond donors (Lipinski definition) is 1. The number of alkyl halides is 1. The summed E-state index contributed by atoms with van der Waals surface area (Å²) in [6, 6.07) is 0. The molecule has 0 radical (unpaired) electrons. The van der Waals surface area contributed by atoms with Gasteiger partial charge in [0.15, 0.2) is 0 Å². The van der Waals surface area contributed by atoms with Crippen LogP contribution in [0.25, 0.3) is 0 Å². The van der Waals surface area contributed by atoms with Crippen LogP contribution in [0.1, 0.15) is 38.5 Å². The Balaban J connectivity index is 1.95. The van der Waals surface area contributed by atoms with Crippen molar-refractivity contribution in [3.8, 4) is 0 Å². The summed E-state index contributed by atoms with van der Waals surface area (Å²) in [6.07, 6.45) is 7.92. The van der Waals surface area contributed by atoms with Crippen molar-refractivity contribution < 1.29 is 0 Å². The van der Waals surface area contributed by atoms with Gasteiger partial charge in [-0.2, -0.15) is 0 Å². The first-order valence-electron chi connectivity index (χ1n) is 5.52. The average molecular weight is 200 g/mol. The summed E-state index contributed by atoms with van der Waals surface area (Å²) in [7, 11) is 0. The van der Waals surface area contributed by atoms with Gasteiger partial charge in [-0.3, -0.25) is 0 Å². The molecular weight excluding hydrogens is 182 g/mol. The second-order valence-corrected chi connectivity index (χ2v) is 6.62. The van der Waals surface area contributed by atoms with E-state index < -0.39 is 0 Å². The van der Waals surface area contributed by atoms with E-state index in [0.29, 0.717) is 5.41 Å². The second-order valence-electron chi connectivity index (χ2n) is 5.82. The van der Waals surface area contributed by atoms with Gasteiger partial charge in [0.2, 0.25) is 0 Å². The molecule has 0 spiro atoms. The Labute approximate surface area is 85.0 Å². The highest BCUT2D eigenvalue weighted by atomic mass is 35.5. The van der Waals surface area contributed by atoms with Gasteiger partial charge in [0.05, 0.1) is 0 Å². The summed E-state index contributed by atoms with van der Waals surface area (Å²) < 4.78 is 0. The van der Waals surface area contributed by atoms with Crippen LogP contribution in [0.3, 0.4) is 0 Å². The molecule has 0 aromatic rings. The van der Waals surface area contributed by atoms with Crippen LogP contribution in [-0.4, -0.2) is 11.4 Å². The minimum atomic E-state index is 0.156. The Hall–Kier alpha value is 0.250. The predicted octanol–water partition coefficient (Wildman–Crippen LogP) is 2.52. The predicted molar refractivity (Wildman–Crippen MR) is 54.8 cm³/mol. The normalized spacial score (nSPS) is 58.6. The Morgan fingerprint density at radius 1 is 1.15 bits per heavy atom. The highest BCUT2D eigenvalue weighted by molar-refractivity contribution is 6.24. The molecule has 74 valence electrons. The van der Waals surface area contributed by atoms with Gasteiger partial charge in [-0.25, -0.2) is 0 Å². The van der Waals surface area contributed by atoms with Crippen LogP contribution < -0.4 is 5.73 Å². The Bertz CT molecular complexity index is 224. The van der Waals surface area contributed by atoms with Crippen molar-refractivity contribution in [2.45, 2.75) is 43.4 Å². The molecule has 0 saturated heterocycles. The van der Waals surface area contributed by atoms with Gasteiger partial charge in [0.25, 0.3) is 0 Å². The van der Waals surface area contributed by atoms with Crippen molar-refractivity contribution in [1.82, 2.24) is 0 Å². The number of halogens is 1. The van der Waals surface area contributed by atoms with E-state index in [1.54, 1.807) is 0 Å². The molecule has 1 nitrogen and oxygen atoms in total. The van der Waals surface area contributed by atoms with Gasteiger partial charge in [0, 0.05) is 4.87 Å². The molecule has 0 aromatic heterocycles. The Morgan fingerprint density at radius 3 is 2.23 bits per heavy atom. The monoisotopic (exact) mass is 199 g/mol. The molecule has 4 aliphatic carbocycles. The van der Waals surface area contributed by atoms with Crippen LogP contribution in [0.2, 0.25) is 0 Å². The van der Waals surface area contributed by atoms with Gasteiger partial charge in [0.1, 0.15) is 0 Å². The molecule has 4 saturated carbocycles. The molecule has 2 unspecified atom stereocenters. The zero-order valence-corrected chi connectivity index (χ0v) is 8.82. The fourth-order valence-corrected chi connectivity index (χ4v) is 5.29. The molecule has 0 heterocycles. The van der Waals surface area contributed by atoms with Gasteiger partial charge in [-0.1, -0.05) is 0 Å². The topological polar surface area (TPSA) is 26.0 Å². The first-order valence-corrected chi connectivity index (χ1v) is 5.90. The Morgan fingerprint density at radius 2 is 1.77 bits per heavy atom. The minimum absolute atomic E-state index is 0.156. The van der Waals surface area contributed by atoms with E-state index in [1.165, 1.54) is 38.5 Å². The molecule has 0 amide bonds.